The molecule has 2 N–H and O–H groups in total. The Balaban J connectivity index is 1.59. The maximum Gasteiger partial charge on any atom is 0.0650 e. The van der Waals surface area contributed by atoms with E-state index in [2.05, 4.69) is 62.0 Å². The van der Waals surface area contributed by atoms with Crippen LogP contribution in [-0.2, 0) is 0 Å². The van der Waals surface area contributed by atoms with Crippen molar-refractivity contribution >= 4 is 0 Å². The van der Waals surface area contributed by atoms with Gasteiger partial charge in [0.1, 0.15) is 0 Å². The predicted octanol–water partition coefficient (Wildman–Crippen LogP) is 7.78. The second kappa shape index (κ2) is 8.09. The largest absolute Gasteiger partial charge is 0.393 e. The normalized spacial score (nSPS) is 49.3. The van der Waals surface area contributed by atoms with Crippen molar-refractivity contribution in [2.24, 2.45) is 51.2 Å². The molecular formula is C31H54O2. The summed E-state index contributed by atoms with van der Waals surface area (Å²) in [6.45, 7) is 23.2. The molecule has 0 heterocycles. The molecule has 0 aromatic rings. The fraction of sp³-hybridized carbons (Fsp3) is 0.935. The molecule has 4 aliphatic carbocycles. The van der Waals surface area contributed by atoms with Gasteiger partial charge in [0.15, 0.2) is 0 Å². The minimum absolute atomic E-state index is 0.0218. The van der Waals surface area contributed by atoms with Gasteiger partial charge in [-0.15, -0.1) is 0 Å². The van der Waals surface area contributed by atoms with Gasteiger partial charge in [0.2, 0.25) is 0 Å². The Labute approximate surface area is 205 Å². The number of allylic oxidation sites excluding steroid dienone is 1. The van der Waals surface area contributed by atoms with Gasteiger partial charge in [-0.1, -0.05) is 53.7 Å². The minimum atomic E-state index is -0.576. The van der Waals surface area contributed by atoms with Crippen LogP contribution in [0.15, 0.2) is 12.2 Å². The molecule has 4 rings (SSSR count). The van der Waals surface area contributed by atoms with Crippen LogP contribution >= 0.6 is 0 Å². The number of hydrogen-bond acceptors (Lipinski definition) is 2. The number of aliphatic hydroxyl groups excluding tert-OH is 1. The highest BCUT2D eigenvalue weighted by Gasteiger charge is 2.69. The zero-order valence-corrected chi connectivity index (χ0v) is 23.1. The summed E-state index contributed by atoms with van der Waals surface area (Å²) in [5.74, 6) is 2.90. The molecule has 0 aromatic heterocycles. The fourth-order valence-corrected chi connectivity index (χ4v) is 10.4. The van der Waals surface area contributed by atoms with E-state index in [9.17, 15) is 10.2 Å². The zero-order valence-electron chi connectivity index (χ0n) is 23.1. The first-order valence-corrected chi connectivity index (χ1v) is 14.2. The summed E-state index contributed by atoms with van der Waals surface area (Å²) in [6.07, 6.45) is 11.5. The molecule has 0 aromatic carbocycles. The first-order valence-electron chi connectivity index (χ1n) is 14.2. The van der Waals surface area contributed by atoms with Crippen LogP contribution in [0.2, 0.25) is 0 Å². The Bertz CT molecular complexity index is 767. The number of fused-ring (bicyclic) bond motifs is 5. The molecule has 0 radical (unpaired) electrons. The van der Waals surface area contributed by atoms with E-state index in [0.717, 1.165) is 25.2 Å². The molecule has 0 aliphatic heterocycles. The van der Waals surface area contributed by atoms with Gasteiger partial charge in [-0.3, -0.25) is 0 Å². The fourth-order valence-electron chi connectivity index (χ4n) is 10.4. The third-order valence-corrected chi connectivity index (χ3v) is 13.1. The lowest BCUT2D eigenvalue weighted by Crippen LogP contribution is -2.64. The van der Waals surface area contributed by atoms with Gasteiger partial charge < -0.3 is 10.2 Å². The number of rotatable bonds is 5. The lowest BCUT2D eigenvalue weighted by Gasteiger charge is -2.70. The second-order valence-electron chi connectivity index (χ2n) is 14.8. The molecule has 2 nitrogen and oxygen atoms in total. The zero-order chi connectivity index (χ0) is 24.6. The summed E-state index contributed by atoms with van der Waals surface area (Å²) in [7, 11) is 0. The van der Waals surface area contributed by atoms with Crippen molar-refractivity contribution < 1.29 is 10.2 Å². The molecule has 10 atom stereocenters. The Morgan fingerprint density at radius 3 is 2.21 bits per heavy atom. The van der Waals surface area contributed by atoms with Gasteiger partial charge in [-0.05, 0) is 129 Å². The Morgan fingerprint density at radius 1 is 0.939 bits per heavy atom. The highest BCUT2D eigenvalue weighted by molar-refractivity contribution is 5.18. The predicted molar refractivity (Wildman–Crippen MR) is 139 cm³/mol. The number of aliphatic hydroxyl groups is 2. The summed E-state index contributed by atoms with van der Waals surface area (Å²) in [4.78, 5) is 0. The van der Waals surface area contributed by atoms with Gasteiger partial charge in [0.05, 0.1) is 11.7 Å². The monoisotopic (exact) mass is 458 g/mol. The van der Waals surface area contributed by atoms with Crippen LogP contribution < -0.4 is 0 Å². The smallest absolute Gasteiger partial charge is 0.0650 e. The second-order valence-corrected chi connectivity index (χ2v) is 14.8. The standard InChI is InChI=1S/C31H54O2/c1-20(2)21(3)12-19-31(9,33)23-13-17-29(7)22(23)10-11-25-28(6)16-15-26(32)27(4,5)24(28)14-18-30(25,29)8/h21-26,32-33H,1,10-19H2,2-9H3/t21-,22+,23-,24-,25+,26-,28-,29+,30+,31-/m0/s1. The van der Waals surface area contributed by atoms with E-state index in [-0.39, 0.29) is 11.5 Å². The quantitative estimate of drug-likeness (QED) is 0.413. The van der Waals surface area contributed by atoms with Crippen LogP contribution in [0.1, 0.15) is 120 Å². The van der Waals surface area contributed by atoms with E-state index < -0.39 is 5.60 Å². The minimum Gasteiger partial charge on any atom is -0.393 e. The summed E-state index contributed by atoms with van der Waals surface area (Å²) in [5, 5.41) is 22.6. The first-order chi connectivity index (χ1) is 15.1. The lowest BCUT2D eigenvalue weighted by atomic mass is 9.35. The van der Waals surface area contributed by atoms with Crippen LogP contribution in [0.3, 0.4) is 0 Å². The highest BCUT2D eigenvalue weighted by atomic mass is 16.3. The average Bonchev–Trinajstić information content (AvgIpc) is 3.08. The van der Waals surface area contributed by atoms with Crippen molar-refractivity contribution in [3.8, 4) is 0 Å². The lowest BCUT2D eigenvalue weighted by molar-refractivity contribution is -0.225. The van der Waals surface area contributed by atoms with Crippen LogP contribution in [0.5, 0.6) is 0 Å². The van der Waals surface area contributed by atoms with Crippen LogP contribution in [0.25, 0.3) is 0 Å². The van der Waals surface area contributed by atoms with Crippen LogP contribution in [0, 0.1) is 51.2 Å². The Morgan fingerprint density at radius 2 is 1.58 bits per heavy atom. The van der Waals surface area contributed by atoms with Gasteiger partial charge in [-0.25, -0.2) is 0 Å². The summed E-state index contributed by atoms with van der Waals surface area (Å²) < 4.78 is 0. The molecule has 4 aliphatic rings. The molecule has 4 saturated carbocycles. The van der Waals surface area contributed by atoms with E-state index >= 15 is 0 Å². The maximum absolute atomic E-state index is 11.8. The third-order valence-electron chi connectivity index (χ3n) is 13.1. The first kappa shape index (κ1) is 25.7. The molecule has 0 bridgehead atoms. The highest BCUT2D eigenvalue weighted by Crippen LogP contribution is 2.75. The van der Waals surface area contributed by atoms with Crippen molar-refractivity contribution in [2.75, 3.05) is 0 Å². The van der Waals surface area contributed by atoms with Gasteiger partial charge in [0.25, 0.3) is 0 Å². The third kappa shape index (κ3) is 3.62. The van der Waals surface area contributed by atoms with Crippen molar-refractivity contribution in [3.05, 3.63) is 12.2 Å². The number of hydrogen-bond donors (Lipinski definition) is 2. The van der Waals surface area contributed by atoms with E-state index in [1.54, 1.807) is 0 Å². The van der Waals surface area contributed by atoms with Gasteiger partial charge in [-0.2, -0.15) is 0 Å². The van der Waals surface area contributed by atoms with Gasteiger partial charge in [0, 0.05) is 0 Å². The van der Waals surface area contributed by atoms with E-state index in [1.807, 2.05) is 0 Å². The topological polar surface area (TPSA) is 40.5 Å². The molecule has 0 spiro atoms. The van der Waals surface area contributed by atoms with Crippen molar-refractivity contribution in [1.29, 1.82) is 0 Å². The molecule has 33 heavy (non-hydrogen) atoms. The Kier molecular flexibility index (Phi) is 6.31. The molecule has 190 valence electrons. The molecule has 2 heteroatoms. The molecular weight excluding hydrogens is 404 g/mol. The molecule has 0 saturated heterocycles. The van der Waals surface area contributed by atoms with E-state index in [0.29, 0.717) is 39.9 Å². The maximum atomic E-state index is 11.8. The van der Waals surface area contributed by atoms with Crippen molar-refractivity contribution in [3.63, 3.8) is 0 Å². The van der Waals surface area contributed by atoms with Gasteiger partial charge >= 0.3 is 0 Å². The average molecular weight is 459 g/mol. The SMILES string of the molecule is C=C(C)[C@@H](C)CC[C@](C)(O)[C@H]1CC[C@]2(C)[C@@H]1CC[C@@H]1[C@@]3(C)CC[C@H](O)C(C)(C)[C@@H]3CC[C@]12C. The summed E-state index contributed by atoms with van der Waals surface area (Å²) >= 11 is 0. The molecule has 0 amide bonds. The molecule has 4 fully saturated rings. The van der Waals surface area contributed by atoms with E-state index in [4.69, 9.17) is 0 Å². The molecule has 0 unspecified atom stereocenters. The summed E-state index contributed by atoms with van der Waals surface area (Å²) in [5.41, 5.74) is 1.68. The van der Waals surface area contributed by atoms with Crippen LogP contribution in [0.4, 0.5) is 0 Å². The Hall–Kier alpha value is -0.340. The van der Waals surface area contributed by atoms with Crippen LogP contribution in [-0.4, -0.2) is 21.9 Å². The van der Waals surface area contributed by atoms with Crippen molar-refractivity contribution in [1.82, 2.24) is 0 Å². The van der Waals surface area contributed by atoms with Crippen molar-refractivity contribution in [2.45, 2.75) is 131 Å². The van der Waals surface area contributed by atoms with E-state index in [1.165, 1.54) is 50.5 Å². The summed E-state index contributed by atoms with van der Waals surface area (Å²) in [6, 6.07) is 0.